The third-order valence-corrected chi connectivity index (χ3v) is 3.77. The molecule has 0 saturated heterocycles. The molecule has 0 fully saturated rings. The number of pyridine rings is 1. The van der Waals surface area contributed by atoms with E-state index in [-0.39, 0.29) is 5.91 Å². The highest BCUT2D eigenvalue weighted by Crippen LogP contribution is 2.11. The third-order valence-electron chi connectivity index (χ3n) is 3.77. The third kappa shape index (κ3) is 2.81. The van der Waals surface area contributed by atoms with Crippen LogP contribution in [0.4, 0.5) is 0 Å². The average Bonchev–Trinajstić information content (AvgIpc) is 3.23. The van der Waals surface area contributed by atoms with Gasteiger partial charge in [0.1, 0.15) is 5.82 Å². The number of H-pyrrole nitrogens is 1. The topological polar surface area (TPSA) is 101 Å². The van der Waals surface area contributed by atoms with E-state index in [9.17, 15) is 4.79 Å². The second kappa shape index (κ2) is 6.07. The molecule has 8 nitrogen and oxygen atoms in total. The van der Waals surface area contributed by atoms with Crippen LogP contribution in [-0.4, -0.2) is 42.5 Å². The summed E-state index contributed by atoms with van der Waals surface area (Å²) < 4.78 is 1.51. The normalized spacial score (nSPS) is 11.2. The van der Waals surface area contributed by atoms with Crippen LogP contribution in [0.15, 0.2) is 42.6 Å². The lowest BCUT2D eigenvalue weighted by molar-refractivity contribution is 0.0953. The van der Waals surface area contributed by atoms with E-state index in [0.29, 0.717) is 17.8 Å². The van der Waals surface area contributed by atoms with E-state index >= 15 is 0 Å². The van der Waals surface area contributed by atoms with Gasteiger partial charge in [0.15, 0.2) is 5.65 Å². The second-order valence-corrected chi connectivity index (χ2v) is 5.46. The van der Waals surface area contributed by atoms with E-state index in [2.05, 4.69) is 30.8 Å². The summed E-state index contributed by atoms with van der Waals surface area (Å²) in [4.78, 5) is 20.0. The van der Waals surface area contributed by atoms with Crippen molar-refractivity contribution < 1.29 is 4.79 Å². The minimum Gasteiger partial charge on any atom is -0.352 e. The number of aromatic nitrogens is 6. The molecule has 4 aromatic rings. The predicted octanol–water partition coefficient (Wildman–Crippen LogP) is 1.36. The number of benzene rings is 1. The Kier molecular flexibility index (Phi) is 3.62. The van der Waals surface area contributed by atoms with Gasteiger partial charge in [0.25, 0.3) is 5.91 Å². The molecule has 120 valence electrons. The molecule has 0 bridgehead atoms. The van der Waals surface area contributed by atoms with Crippen molar-refractivity contribution in [3.63, 3.8) is 0 Å². The zero-order chi connectivity index (χ0) is 16.4. The number of hydrogen-bond donors (Lipinski definition) is 2. The Labute approximate surface area is 136 Å². The smallest absolute Gasteiger partial charge is 0.251 e. The van der Waals surface area contributed by atoms with Gasteiger partial charge in [-0.15, -0.1) is 5.10 Å². The fraction of sp³-hybridized carbons (Fsp3) is 0.188. The first-order chi connectivity index (χ1) is 11.8. The molecule has 1 aromatic carbocycles. The molecule has 3 heterocycles. The molecule has 0 aliphatic heterocycles. The molecule has 4 rings (SSSR count). The molecule has 8 heteroatoms. The molecule has 0 spiro atoms. The summed E-state index contributed by atoms with van der Waals surface area (Å²) in [6, 6.07) is 11.3. The van der Waals surface area contributed by atoms with Crippen molar-refractivity contribution in [2.24, 2.45) is 0 Å². The van der Waals surface area contributed by atoms with Crippen LogP contribution in [0.1, 0.15) is 22.6 Å². The van der Waals surface area contributed by atoms with E-state index in [4.69, 9.17) is 0 Å². The fourth-order valence-corrected chi connectivity index (χ4v) is 2.56. The molecule has 1 amide bonds. The summed E-state index contributed by atoms with van der Waals surface area (Å²) in [6.45, 7) is 0.575. The van der Waals surface area contributed by atoms with Crippen molar-refractivity contribution in [2.75, 3.05) is 6.54 Å². The number of tetrazole rings is 1. The molecular formula is C16H15N7O. The van der Waals surface area contributed by atoms with Gasteiger partial charge in [0.05, 0.1) is 11.0 Å². The Balaban J connectivity index is 1.32. The van der Waals surface area contributed by atoms with Crippen LogP contribution < -0.4 is 5.32 Å². The lowest BCUT2D eigenvalue weighted by Gasteiger charge is -2.04. The summed E-state index contributed by atoms with van der Waals surface area (Å²) >= 11 is 0. The van der Waals surface area contributed by atoms with Crippen LogP contribution in [0, 0.1) is 0 Å². The SMILES string of the molecule is O=C(NCCCc1nc2ccccc2[nH]1)c1ccn2nnnc2c1. The monoisotopic (exact) mass is 321 g/mol. The minimum atomic E-state index is -0.134. The fourth-order valence-electron chi connectivity index (χ4n) is 2.56. The second-order valence-electron chi connectivity index (χ2n) is 5.46. The van der Waals surface area contributed by atoms with Gasteiger partial charge >= 0.3 is 0 Å². The largest absolute Gasteiger partial charge is 0.352 e. The van der Waals surface area contributed by atoms with Gasteiger partial charge in [-0.2, -0.15) is 0 Å². The van der Waals surface area contributed by atoms with E-state index in [1.165, 1.54) is 4.52 Å². The van der Waals surface area contributed by atoms with Crippen molar-refractivity contribution in [1.82, 2.24) is 35.3 Å². The maximum Gasteiger partial charge on any atom is 0.251 e. The number of nitrogens with one attached hydrogen (secondary N) is 2. The zero-order valence-corrected chi connectivity index (χ0v) is 12.8. The molecule has 0 unspecified atom stereocenters. The Morgan fingerprint density at radius 3 is 3.08 bits per heavy atom. The highest BCUT2D eigenvalue weighted by atomic mass is 16.1. The van der Waals surface area contributed by atoms with Crippen molar-refractivity contribution in [3.05, 3.63) is 54.0 Å². The van der Waals surface area contributed by atoms with Gasteiger partial charge in [0.2, 0.25) is 0 Å². The van der Waals surface area contributed by atoms with Crippen molar-refractivity contribution >= 4 is 22.6 Å². The first-order valence-corrected chi connectivity index (χ1v) is 7.69. The molecule has 24 heavy (non-hydrogen) atoms. The average molecular weight is 321 g/mol. The molecule has 0 aliphatic carbocycles. The number of imidazole rings is 1. The molecule has 0 atom stereocenters. The van der Waals surface area contributed by atoms with Gasteiger partial charge < -0.3 is 10.3 Å². The number of fused-ring (bicyclic) bond motifs is 2. The molecule has 0 aliphatic rings. The summed E-state index contributed by atoms with van der Waals surface area (Å²) in [7, 11) is 0. The van der Waals surface area contributed by atoms with E-state index < -0.39 is 0 Å². The number of hydrogen-bond acceptors (Lipinski definition) is 5. The summed E-state index contributed by atoms with van der Waals surface area (Å²) in [5.41, 5.74) is 3.09. The van der Waals surface area contributed by atoms with Crippen molar-refractivity contribution in [1.29, 1.82) is 0 Å². The Morgan fingerprint density at radius 2 is 2.17 bits per heavy atom. The molecule has 2 N–H and O–H groups in total. The van der Waals surface area contributed by atoms with Crippen LogP contribution in [0.3, 0.4) is 0 Å². The Hall–Kier alpha value is -3.29. The summed E-state index contributed by atoms with van der Waals surface area (Å²) in [5.74, 6) is 0.798. The van der Waals surface area contributed by atoms with E-state index in [0.717, 1.165) is 29.7 Å². The maximum absolute atomic E-state index is 12.2. The summed E-state index contributed by atoms with van der Waals surface area (Å²) in [5, 5.41) is 14.0. The van der Waals surface area contributed by atoms with Gasteiger partial charge in [-0.1, -0.05) is 12.1 Å². The number of amides is 1. The number of nitrogens with zero attached hydrogens (tertiary/aromatic N) is 5. The number of carbonyl (C=O) groups excluding carboxylic acids is 1. The van der Waals surface area contributed by atoms with Crippen molar-refractivity contribution in [3.8, 4) is 0 Å². The molecule has 0 saturated carbocycles. The Morgan fingerprint density at radius 1 is 1.25 bits per heavy atom. The molecular weight excluding hydrogens is 306 g/mol. The van der Waals surface area contributed by atoms with Gasteiger partial charge in [-0.25, -0.2) is 9.50 Å². The standard InChI is InChI=1S/C16H15N7O/c24-16(11-7-9-23-15(10-11)20-21-22-23)17-8-3-6-14-18-12-4-1-2-5-13(12)19-14/h1-2,4-5,7,9-10H,3,6,8H2,(H,17,24)(H,18,19). The van der Waals surface area contributed by atoms with E-state index in [1.54, 1.807) is 18.3 Å². The highest BCUT2D eigenvalue weighted by molar-refractivity contribution is 5.94. The minimum absolute atomic E-state index is 0.134. The number of aryl methyl sites for hydroxylation is 1. The molecule has 3 aromatic heterocycles. The Bertz CT molecular complexity index is 971. The lowest BCUT2D eigenvalue weighted by Crippen LogP contribution is -2.25. The van der Waals surface area contributed by atoms with Gasteiger partial charge in [-0.05, 0) is 41.1 Å². The quantitative estimate of drug-likeness (QED) is 0.541. The first kappa shape index (κ1) is 14.3. The number of carbonyl (C=O) groups is 1. The van der Waals surface area contributed by atoms with Crippen LogP contribution in [0.25, 0.3) is 16.7 Å². The predicted molar refractivity (Wildman–Crippen MR) is 87.5 cm³/mol. The van der Waals surface area contributed by atoms with Crippen LogP contribution in [-0.2, 0) is 6.42 Å². The van der Waals surface area contributed by atoms with Crippen LogP contribution in [0.5, 0.6) is 0 Å². The highest BCUT2D eigenvalue weighted by Gasteiger charge is 2.08. The van der Waals surface area contributed by atoms with Gasteiger partial charge in [0, 0.05) is 24.7 Å². The number of aromatic amines is 1. The van der Waals surface area contributed by atoms with Crippen LogP contribution >= 0.6 is 0 Å². The molecule has 0 radical (unpaired) electrons. The summed E-state index contributed by atoms with van der Waals surface area (Å²) in [6.07, 6.45) is 3.25. The lowest BCUT2D eigenvalue weighted by atomic mass is 10.2. The van der Waals surface area contributed by atoms with Gasteiger partial charge in [-0.3, -0.25) is 4.79 Å². The number of rotatable bonds is 5. The number of para-hydroxylation sites is 2. The van der Waals surface area contributed by atoms with E-state index in [1.807, 2.05) is 24.3 Å². The van der Waals surface area contributed by atoms with Crippen LogP contribution in [0.2, 0.25) is 0 Å². The zero-order valence-electron chi connectivity index (χ0n) is 12.8. The first-order valence-electron chi connectivity index (χ1n) is 7.69. The maximum atomic E-state index is 12.2. The van der Waals surface area contributed by atoms with Crippen molar-refractivity contribution in [2.45, 2.75) is 12.8 Å².